The fourth-order valence-corrected chi connectivity index (χ4v) is 4.00. The van der Waals surface area contributed by atoms with Gasteiger partial charge in [-0.05, 0) is 29.7 Å². The van der Waals surface area contributed by atoms with Crippen LogP contribution in [0, 0.1) is 0 Å². The predicted octanol–water partition coefficient (Wildman–Crippen LogP) is 6.66. The first-order valence-corrected chi connectivity index (χ1v) is 12.3. The average Bonchev–Trinajstić information content (AvgIpc) is 2.90. The van der Waals surface area contributed by atoms with Crippen molar-refractivity contribution < 1.29 is 14.2 Å². The van der Waals surface area contributed by atoms with E-state index in [1.165, 1.54) is 0 Å². The fraction of sp³-hybridized carbons (Fsp3) is 0.300. The van der Waals surface area contributed by atoms with E-state index in [-0.39, 0.29) is 11.3 Å². The zero-order valence-electron chi connectivity index (χ0n) is 20.5. The molecular weight excluding hydrogens is 438 g/mol. The van der Waals surface area contributed by atoms with Crippen molar-refractivity contribution in [2.75, 3.05) is 6.61 Å². The highest BCUT2D eigenvalue weighted by Crippen LogP contribution is 2.35. The van der Waals surface area contributed by atoms with E-state index in [4.69, 9.17) is 14.2 Å². The number of hydrogen-bond acceptors (Lipinski definition) is 4. The summed E-state index contributed by atoms with van der Waals surface area (Å²) in [5.74, 6) is 1.45. The minimum Gasteiger partial charge on any atom is -0.489 e. The van der Waals surface area contributed by atoms with Gasteiger partial charge in [-0.15, -0.1) is 0 Å². The topological polar surface area (TPSA) is 49.7 Å². The maximum Gasteiger partial charge on any atom is 0.297 e. The van der Waals surface area contributed by atoms with Gasteiger partial charge in [0.15, 0.2) is 5.75 Å². The van der Waals surface area contributed by atoms with Crippen LogP contribution in [0.25, 0.3) is 10.9 Å². The maximum atomic E-state index is 13.3. The van der Waals surface area contributed by atoms with Gasteiger partial charge >= 0.3 is 0 Å². The number of nitrogens with zero attached hydrogens (tertiary/aromatic N) is 1. The first kappa shape index (κ1) is 24.4. The summed E-state index contributed by atoms with van der Waals surface area (Å²) in [6.07, 6.45) is 4.28. The summed E-state index contributed by atoms with van der Waals surface area (Å²) in [7, 11) is 1.76. The Morgan fingerprint density at radius 2 is 1.37 bits per heavy atom. The van der Waals surface area contributed by atoms with Gasteiger partial charge in [0.1, 0.15) is 19.0 Å². The molecule has 0 amide bonds. The SMILES string of the molecule is CCCCCCOc1c(OCc2ccccc2)c2ccc(OCc3ccccc3)cc2n(C)c1=O. The molecule has 0 aliphatic carbocycles. The normalized spacial score (nSPS) is 10.9. The molecule has 0 saturated carbocycles. The number of aryl methyl sites for hydroxylation is 1. The lowest BCUT2D eigenvalue weighted by molar-refractivity contribution is 0.256. The minimum absolute atomic E-state index is 0.212. The number of hydrogen-bond donors (Lipinski definition) is 0. The summed E-state index contributed by atoms with van der Waals surface area (Å²) in [6, 6.07) is 25.7. The Hall–Kier alpha value is -3.73. The smallest absolute Gasteiger partial charge is 0.297 e. The summed E-state index contributed by atoms with van der Waals surface area (Å²) in [6.45, 7) is 3.46. The van der Waals surface area contributed by atoms with Crippen molar-refractivity contribution >= 4 is 10.9 Å². The molecule has 0 N–H and O–H groups in total. The molecule has 3 aromatic carbocycles. The van der Waals surface area contributed by atoms with Crippen molar-refractivity contribution in [3.05, 3.63) is 100 Å². The quantitative estimate of drug-likeness (QED) is 0.217. The van der Waals surface area contributed by atoms with Crippen molar-refractivity contribution in [3.63, 3.8) is 0 Å². The van der Waals surface area contributed by atoms with Crippen LogP contribution < -0.4 is 19.8 Å². The molecule has 182 valence electrons. The van der Waals surface area contributed by atoms with Crippen LogP contribution in [0.5, 0.6) is 17.2 Å². The van der Waals surface area contributed by atoms with E-state index >= 15 is 0 Å². The number of unbranched alkanes of at least 4 members (excludes halogenated alkanes) is 3. The summed E-state index contributed by atoms with van der Waals surface area (Å²) in [5.41, 5.74) is 2.64. The second-order valence-corrected chi connectivity index (χ2v) is 8.66. The third-order valence-electron chi connectivity index (χ3n) is 6.00. The van der Waals surface area contributed by atoms with E-state index in [1.807, 2.05) is 78.9 Å². The molecule has 5 nitrogen and oxygen atoms in total. The molecule has 0 atom stereocenters. The Bertz CT molecular complexity index is 1280. The van der Waals surface area contributed by atoms with Crippen LogP contribution in [0.4, 0.5) is 0 Å². The molecule has 0 aliphatic heterocycles. The first-order chi connectivity index (χ1) is 17.2. The summed E-state index contributed by atoms with van der Waals surface area (Å²) in [5, 5.41) is 0.818. The lowest BCUT2D eigenvalue weighted by Crippen LogP contribution is -2.21. The third kappa shape index (κ3) is 6.24. The van der Waals surface area contributed by atoms with E-state index in [9.17, 15) is 4.79 Å². The molecule has 1 heterocycles. The van der Waals surface area contributed by atoms with Gasteiger partial charge in [-0.1, -0.05) is 86.8 Å². The predicted molar refractivity (Wildman–Crippen MR) is 140 cm³/mol. The fourth-order valence-electron chi connectivity index (χ4n) is 4.00. The molecule has 0 spiro atoms. The molecule has 0 aliphatic rings. The van der Waals surface area contributed by atoms with Gasteiger partial charge in [-0.2, -0.15) is 0 Å². The molecule has 5 heteroatoms. The average molecular weight is 472 g/mol. The molecule has 4 aromatic rings. The highest BCUT2D eigenvalue weighted by Gasteiger charge is 2.19. The van der Waals surface area contributed by atoms with Crippen LogP contribution in [-0.2, 0) is 20.3 Å². The Kier molecular flexibility index (Phi) is 8.44. The van der Waals surface area contributed by atoms with Gasteiger partial charge in [0, 0.05) is 18.5 Å². The van der Waals surface area contributed by atoms with Crippen LogP contribution in [0.3, 0.4) is 0 Å². The molecule has 0 bridgehead atoms. The van der Waals surface area contributed by atoms with E-state index in [0.29, 0.717) is 31.3 Å². The Labute approximate surface area is 206 Å². The summed E-state index contributed by atoms with van der Waals surface area (Å²) >= 11 is 0. The van der Waals surface area contributed by atoms with Gasteiger partial charge in [-0.3, -0.25) is 4.79 Å². The second-order valence-electron chi connectivity index (χ2n) is 8.66. The Morgan fingerprint density at radius 1 is 0.714 bits per heavy atom. The number of pyridine rings is 1. The van der Waals surface area contributed by atoms with E-state index in [1.54, 1.807) is 11.6 Å². The molecular formula is C30H33NO4. The van der Waals surface area contributed by atoms with Gasteiger partial charge in [0.25, 0.3) is 5.56 Å². The second kappa shape index (κ2) is 12.1. The highest BCUT2D eigenvalue weighted by atomic mass is 16.5. The molecule has 4 rings (SSSR count). The largest absolute Gasteiger partial charge is 0.489 e. The highest BCUT2D eigenvalue weighted by molar-refractivity contribution is 5.89. The van der Waals surface area contributed by atoms with E-state index < -0.39 is 0 Å². The number of rotatable bonds is 12. The summed E-state index contributed by atoms with van der Waals surface area (Å²) in [4.78, 5) is 13.3. The van der Waals surface area contributed by atoms with Crippen molar-refractivity contribution in [2.24, 2.45) is 7.05 Å². The third-order valence-corrected chi connectivity index (χ3v) is 6.00. The van der Waals surface area contributed by atoms with Crippen molar-refractivity contribution in [1.29, 1.82) is 0 Å². The zero-order chi connectivity index (χ0) is 24.5. The molecule has 0 radical (unpaired) electrons. The molecule has 0 unspecified atom stereocenters. The van der Waals surface area contributed by atoms with Gasteiger partial charge in [0.05, 0.1) is 12.1 Å². The molecule has 0 saturated heterocycles. The molecule has 35 heavy (non-hydrogen) atoms. The molecule has 1 aromatic heterocycles. The first-order valence-electron chi connectivity index (χ1n) is 12.3. The zero-order valence-corrected chi connectivity index (χ0v) is 20.5. The lowest BCUT2D eigenvalue weighted by atomic mass is 10.1. The van der Waals surface area contributed by atoms with Crippen LogP contribution in [-0.4, -0.2) is 11.2 Å². The monoisotopic (exact) mass is 471 g/mol. The number of benzene rings is 3. The van der Waals surface area contributed by atoms with Crippen molar-refractivity contribution in [1.82, 2.24) is 4.57 Å². The molecule has 0 fully saturated rings. The van der Waals surface area contributed by atoms with Crippen LogP contribution in [0.15, 0.2) is 83.7 Å². The van der Waals surface area contributed by atoms with E-state index in [0.717, 1.165) is 47.7 Å². The van der Waals surface area contributed by atoms with E-state index in [2.05, 4.69) is 6.92 Å². The number of ether oxygens (including phenoxy) is 3. The lowest BCUT2D eigenvalue weighted by Gasteiger charge is -2.18. The van der Waals surface area contributed by atoms with Crippen molar-refractivity contribution in [2.45, 2.75) is 45.8 Å². The number of fused-ring (bicyclic) bond motifs is 1. The van der Waals surface area contributed by atoms with Crippen LogP contribution in [0.2, 0.25) is 0 Å². The Morgan fingerprint density at radius 3 is 2.03 bits per heavy atom. The Balaban J connectivity index is 1.65. The summed E-state index contributed by atoms with van der Waals surface area (Å²) < 4.78 is 19.9. The standard InChI is InChI=1S/C30H33NO4/c1-3-4-5-12-19-33-29-28(35-22-24-15-10-7-11-16-24)26-18-17-25(20-27(26)31(2)30(29)32)34-21-23-13-8-6-9-14-23/h6-11,13-18,20H,3-5,12,19,21-22H2,1-2H3. The van der Waals surface area contributed by atoms with Gasteiger partial charge < -0.3 is 18.8 Å². The van der Waals surface area contributed by atoms with Crippen LogP contribution in [0.1, 0.15) is 43.7 Å². The minimum atomic E-state index is -0.212. The van der Waals surface area contributed by atoms with Crippen molar-refractivity contribution in [3.8, 4) is 17.2 Å². The maximum absolute atomic E-state index is 13.3. The van der Waals surface area contributed by atoms with Gasteiger partial charge in [0.2, 0.25) is 5.75 Å². The van der Waals surface area contributed by atoms with Gasteiger partial charge in [-0.25, -0.2) is 0 Å². The number of aromatic nitrogens is 1. The van der Waals surface area contributed by atoms with Crippen LogP contribution >= 0.6 is 0 Å².